The number of carbonyl (C=O) groups excluding carboxylic acids is 3. The van der Waals surface area contributed by atoms with Crippen LogP contribution >= 0.6 is 0 Å². The van der Waals surface area contributed by atoms with E-state index in [1.807, 2.05) is 55.1 Å². The molecule has 2 unspecified atom stereocenters. The number of hydrogen-bond acceptors (Lipinski definition) is 6. The molecule has 0 aliphatic carbocycles. The van der Waals surface area contributed by atoms with Crippen molar-refractivity contribution in [1.29, 1.82) is 0 Å². The van der Waals surface area contributed by atoms with E-state index < -0.39 is 35.9 Å². The van der Waals surface area contributed by atoms with Crippen LogP contribution in [0.2, 0.25) is 0 Å². The summed E-state index contributed by atoms with van der Waals surface area (Å²) in [4.78, 5) is 53.7. The number of carboxylic acid groups (broad SMARTS) is 1. The van der Waals surface area contributed by atoms with Gasteiger partial charge < -0.3 is 25.8 Å². The zero-order valence-electron chi connectivity index (χ0n) is 23.9. The number of nitrogens with zero attached hydrogens (tertiary/aromatic N) is 1. The summed E-state index contributed by atoms with van der Waals surface area (Å²) in [5.74, 6) is -2.45. The van der Waals surface area contributed by atoms with Crippen LogP contribution in [-0.4, -0.2) is 84.7 Å². The van der Waals surface area contributed by atoms with E-state index >= 15 is 0 Å². The minimum Gasteiger partial charge on any atom is -0.480 e. The maximum absolute atomic E-state index is 13.5. The molecule has 3 atom stereocenters. The summed E-state index contributed by atoms with van der Waals surface area (Å²) in [6, 6.07) is 15.7. The second-order valence-electron chi connectivity index (χ2n) is 10.8. The molecule has 2 aromatic carbocycles. The minimum atomic E-state index is -1.16. The molecule has 0 saturated carbocycles. The van der Waals surface area contributed by atoms with Gasteiger partial charge in [0.05, 0.1) is 19.8 Å². The lowest BCUT2D eigenvalue weighted by Crippen LogP contribution is -2.57. The molecule has 1 aliphatic heterocycles. The van der Waals surface area contributed by atoms with Crippen molar-refractivity contribution in [2.75, 3.05) is 32.8 Å². The SMILES string of the molecule is CC(C)CC(NC(=O)[C@H](CCc1ccccc1)NC(=O)CN1CCOCC1)C(=O)NC(Cc1ccccc1)C(=O)O. The van der Waals surface area contributed by atoms with Gasteiger partial charge in [-0.1, -0.05) is 74.5 Å². The van der Waals surface area contributed by atoms with Crippen molar-refractivity contribution < 1.29 is 29.0 Å². The Morgan fingerprint density at radius 1 is 0.805 bits per heavy atom. The second-order valence-corrected chi connectivity index (χ2v) is 10.8. The standard InChI is InChI=1S/C31H42N4O6/c1-22(2)19-26(30(38)34-27(31(39)40)20-24-11-7-4-8-12-24)33-29(37)25(14-13-23-9-5-3-6-10-23)32-28(36)21-35-15-17-41-18-16-35/h3-12,22,25-27H,13-21H2,1-2H3,(H,32,36)(H,33,37)(H,34,38)(H,39,40)/t25-,26?,27?/m0/s1. The van der Waals surface area contributed by atoms with Crippen LogP contribution < -0.4 is 16.0 Å². The predicted octanol–water partition coefficient (Wildman–Crippen LogP) is 1.78. The van der Waals surface area contributed by atoms with Gasteiger partial charge in [-0.2, -0.15) is 0 Å². The molecule has 1 fully saturated rings. The molecule has 0 spiro atoms. The summed E-state index contributed by atoms with van der Waals surface area (Å²) < 4.78 is 5.35. The summed E-state index contributed by atoms with van der Waals surface area (Å²) in [5.41, 5.74) is 1.79. The molecule has 222 valence electrons. The summed E-state index contributed by atoms with van der Waals surface area (Å²) in [7, 11) is 0. The number of aryl methyl sites for hydroxylation is 1. The quantitative estimate of drug-likeness (QED) is 0.258. The van der Waals surface area contributed by atoms with Crippen molar-refractivity contribution in [3.05, 3.63) is 71.8 Å². The third kappa shape index (κ3) is 11.3. The average Bonchev–Trinajstić information content (AvgIpc) is 2.95. The van der Waals surface area contributed by atoms with Gasteiger partial charge in [-0.25, -0.2) is 4.79 Å². The van der Waals surface area contributed by atoms with E-state index in [4.69, 9.17) is 4.74 Å². The van der Waals surface area contributed by atoms with Gasteiger partial charge in [0.15, 0.2) is 0 Å². The maximum Gasteiger partial charge on any atom is 0.326 e. The summed E-state index contributed by atoms with van der Waals surface area (Å²) in [5, 5.41) is 18.1. The van der Waals surface area contributed by atoms with Crippen molar-refractivity contribution >= 4 is 23.7 Å². The van der Waals surface area contributed by atoms with Gasteiger partial charge in [0.1, 0.15) is 18.1 Å². The van der Waals surface area contributed by atoms with E-state index in [1.54, 1.807) is 24.3 Å². The van der Waals surface area contributed by atoms with Crippen LogP contribution in [0.15, 0.2) is 60.7 Å². The Labute approximate surface area is 241 Å². The summed E-state index contributed by atoms with van der Waals surface area (Å²) in [6.07, 6.45) is 1.31. The van der Waals surface area contributed by atoms with E-state index in [0.29, 0.717) is 45.6 Å². The first kappa shape index (κ1) is 31.8. The molecule has 3 rings (SSSR count). The van der Waals surface area contributed by atoms with Crippen LogP contribution in [-0.2, 0) is 36.8 Å². The fourth-order valence-corrected chi connectivity index (χ4v) is 4.72. The number of amides is 3. The maximum atomic E-state index is 13.5. The third-order valence-electron chi connectivity index (χ3n) is 6.92. The number of carboxylic acids is 1. The highest BCUT2D eigenvalue weighted by Gasteiger charge is 2.30. The predicted molar refractivity (Wildman–Crippen MR) is 155 cm³/mol. The molecule has 1 saturated heterocycles. The number of morpholine rings is 1. The first-order valence-corrected chi connectivity index (χ1v) is 14.2. The summed E-state index contributed by atoms with van der Waals surface area (Å²) in [6.45, 7) is 6.37. The van der Waals surface area contributed by atoms with Crippen LogP contribution in [0.25, 0.3) is 0 Å². The first-order valence-electron chi connectivity index (χ1n) is 14.2. The van der Waals surface area contributed by atoms with Gasteiger partial charge in [-0.3, -0.25) is 19.3 Å². The van der Waals surface area contributed by atoms with Crippen molar-refractivity contribution in [1.82, 2.24) is 20.9 Å². The molecular formula is C31H42N4O6. The van der Waals surface area contributed by atoms with Gasteiger partial charge in [-0.15, -0.1) is 0 Å². The average molecular weight is 567 g/mol. The lowest BCUT2D eigenvalue weighted by Gasteiger charge is -2.28. The fraction of sp³-hybridized carbons (Fsp3) is 0.484. The van der Waals surface area contributed by atoms with Crippen LogP contribution in [0, 0.1) is 5.92 Å². The summed E-state index contributed by atoms with van der Waals surface area (Å²) >= 11 is 0. The van der Waals surface area contributed by atoms with Crippen LogP contribution in [0.3, 0.4) is 0 Å². The van der Waals surface area contributed by atoms with Gasteiger partial charge in [0.2, 0.25) is 17.7 Å². The number of carbonyl (C=O) groups is 4. The van der Waals surface area contributed by atoms with Crippen molar-refractivity contribution in [2.45, 2.75) is 57.7 Å². The largest absolute Gasteiger partial charge is 0.480 e. The molecule has 1 heterocycles. The molecule has 1 aliphatic rings. The van der Waals surface area contributed by atoms with Crippen LogP contribution in [0.4, 0.5) is 0 Å². The molecule has 0 radical (unpaired) electrons. The zero-order chi connectivity index (χ0) is 29.6. The lowest BCUT2D eigenvalue weighted by molar-refractivity contribution is -0.142. The number of aliphatic carboxylic acids is 1. The number of hydrogen-bond donors (Lipinski definition) is 4. The lowest BCUT2D eigenvalue weighted by atomic mass is 10.00. The second kappa shape index (κ2) is 16.5. The van der Waals surface area contributed by atoms with Crippen molar-refractivity contribution in [2.24, 2.45) is 5.92 Å². The Morgan fingerprint density at radius 2 is 1.37 bits per heavy atom. The molecule has 0 bridgehead atoms. The first-order chi connectivity index (χ1) is 19.7. The van der Waals surface area contributed by atoms with Gasteiger partial charge in [-0.05, 0) is 36.3 Å². The Morgan fingerprint density at radius 3 is 1.95 bits per heavy atom. The molecule has 3 amide bonds. The molecule has 4 N–H and O–H groups in total. The Bertz CT molecular complexity index is 1120. The van der Waals surface area contributed by atoms with E-state index in [-0.39, 0.29) is 24.8 Å². The smallest absolute Gasteiger partial charge is 0.326 e. The molecule has 10 heteroatoms. The van der Waals surface area contributed by atoms with Crippen LogP contribution in [0.5, 0.6) is 0 Å². The van der Waals surface area contributed by atoms with Crippen molar-refractivity contribution in [3.8, 4) is 0 Å². The van der Waals surface area contributed by atoms with Gasteiger partial charge in [0, 0.05) is 19.5 Å². The van der Waals surface area contributed by atoms with E-state index in [1.165, 1.54) is 0 Å². The topological polar surface area (TPSA) is 137 Å². The Hall–Kier alpha value is -3.76. The van der Waals surface area contributed by atoms with Gasteiger partial charge in [0.25, 0.3) is 0 Å². The van der Waals surface area contributed by atoms with E-state index in [0.717, 1.165) is 11.1 Å². The van der Waals surface area contributed by atoms with Crippen LogP contribution in [0.1, 0.15) is 37.8 Å². The zero-order valence-corrected chi connectivity index (χ0v) is 23.9. The Balaban J connectivity index is 1.70. The number of rotatable bonds is 15. The number of nitrogens with one attached hydrogen (secondary N) is 3. The number of ether oxygens (including phenoxy) is 1. The molecule has 0 aromatic heterocycles. The highest BCUT2D eigenvalue weighted by Crippen LogP contribution is 2.11. The monoisotopic (exact) mass is 566 g/mol. The highest BCUT2D eigenvalue weighted by molar-refractivity contribution is 5.93. The number of benzene rings is 2. The molecular weight excluding hydrogens is 524 g/mol. The molecule has 10 nitrogen and oxygen atoms in total. The van der Waals surface area contributed by atoms with E-state index in [9.17, 15) is 24.3 Å². The Kier molecular flexibility index (Phi) is 12.8. The third-order valence-corrected chi connectivity index (χ3v) is 6.92. The fourth-order valence-electron chi connectivity index (χ4n) is 4.72. The normalized spacial score (nSPS) is 15.9. The minimum absolute atomic E-state index is 0.0436. The van der Waals surface area contributed by atoms with E-state index in [2.05, 4.69) is 16.0 Å². The van der Waals surface area contributed by atoms with Crippen molar-refractivity contribution in [3.63, 3.8) is 0 Å². The molecule has 2 aromatic rings. The highest BCUT2D eigenvalue weighted by atomic mass is 16.5. The van der Waals surface area contributed by atoms with Gasteiger partial charge >= 0.3 is 5.97 Å². The molecule has 41 heavy (non-hydrogen) atoms.